The van der Waals surface area contributed by atoms with Gasteiger partial charge in [-0.25, -0.2) is 4.79 Å². The van der Waals surface area contributed by atoms with E-state index in [9.17, 15) is 14.4 Å². The van der Waals surface area contributed by atoms with Crippen molar-refractivity contribution < 1.29 is 18.7 Å². The van der Waals surface area contributed by atoms with Gasteiger partial charge in [-0.05, 0) is 45.2 Å². The van der Waals surface area contributed by atoms with Crippen molar-refractivity contribution in [1.29, 1.82) is 0 Å². The number of benzene rings is 2. The molecule has 2 heterocycles. The Hall–Kier alpha value is -3.41. The highest BCUT2D eigenvalue weighted by Gasteiger charge is 2.27. The first-order valence-corrected chi connectivity index (χ1v) is 10.6. The van der Waals surface area contributed by atoms with Crippen LogP contribution in [0.4, 0.5) is 0 Å². The fraction of sp³-hybridized carbons (Fsp3) is 0.320. The van der Waals surface area contributed by atoms with E-state index in [4.69, 9.17) is 9.15 Å². The molecule has 31 heavy (non-hydrogen) atoms. The lowest BCUT2D eigenvalue weighted by molar-refractivity contribution is -0.140. The number of rotatable bonds is 4. The van der Waals surface area contributed by atoms with E-state index >= 15 is 0 Å². The first-order chi connectivity index (χ1) is 15.0. The second-order valence-electron chi connectivity index (χ2n) is 7.87. The van der Waals surface area contributed by atoms with E-state index < -0.39 is 12.1 Å². The Morgan fingerprint density at radius 2 is 1.71 bits per heavy atom. The minimum Gasteiger partial charge on any atom is -0.455 e. The number of carbonyl (C=O) groups excluding carboxylic acids is 2. The van der Waals surface area contributed by atoms with E-state index in [-0.39, 0.29) is 22.5 Å². The fourth-order valence-electron chi connectivity index (χ4n) is 3.98. The van der Waals surface area contributed by atoms with Gasteiger partial charge in [0.15, 0.2) is 17.1 Å². The maximum atomic E-state index is 13.0. The van der Waals surface area contributed by atoms with Crippen LogP contribution in [0, 0.1) is 6.92 Å². The van der Waals surface area contributed by atoms with Crippen LogP contribution >= 0.6 is 0 Å². The molecule has 1 atom stereocenters. The van der Waals surface area contributed by atoms with Gasteiger partial charge in [0.05, 0.1) is 5.39 Å². The highest BCUT2D eigenvalue weighted by Crippen LogP contribution is 2.27. The maximum Gasteiger partial charge on any atom is 0.342 e. The highest BCUT2D eigenvalue weighted by atomic mass is 16.5. The summed E-state index contributed by atoms with van der Waals surface area (Å²) >= 11 is 0. The number of ether oxygens (including phenoxy) is 1. The van der Waals surface area contributed by atoms with Crippen LogP contribution in [-0.2, 0) is 9.53 Å². The van der Waals surface area contributed by atoms with Gasteiger partial charge in [0, 0.05) is 24.2 Å². The quantitative estimate of drug-likeness (QED) is 0.589. The van der Waals surface area contributed by atoms with Crippen molar-refractivity contribution >= 4 is 22.8 Å². The van der Waals surface area contributed by atoms with Crippen molar-refractivity contribution in [2.24, 2.45) is 0 Å². The summed E-state index contributed by atoms with van der Waals surface area (Å²) in [6, 6.07) is 14.1. The Balaban J connectivity index is 1.68. The molecule has 0 spiro atoms. The van der Waals surface area contributed by atoms with Crippen molar-refractivity contribution in [2.75, 3.05) is 13.1 Å². The number of nitrogens with zero attached hydrogens (tertiary/aromatic N) is 1. The van der Waals surface area contributed by atoms with Crippen LogP contribution in [0.5, 0.6) is 0 Å². The van der Waals surface area contributed by atoms with E-state index in [1.807, 2.05) is 30.3 Å². The molecule has 6 heteroatoms. The molecule has 0 saturated carbocycles. The molecule has 1 aromatic heterocycles. The van der Waals surface area contributed by atoms with Gasteiger partial charge in [-0.1, -0.05) is 36.4 Å². The van der Waals surface area contributed by atoms with Crippen LogP contribution in [0.2, 0.25) is 0 Å². The van der Waals surface area contributed by atoms with E-state index in [2.05, 4.69) is 0 Å². The molecule has 160 valence electrons. The zero-order chi connectivity index (χ0) is 22.0. The van der Waals surface area contributed by atoms with Crippen molar-refractivity contribution in [2.45, 2.75) is 39.2 Å². The Labute approximate surface area is 180 Å². The molecule has 0 N–H and O–H groups in total. The van der Waals surface area contributed by atoms with Crippen molar-refractivity contribution in [3.05, 3.63) is 69.9 Å². The summed E-state index contributed by atoms with van der Waals surface area (Å²) in [6.45, 7) is 4.65. The standard InChI is InChI=1S/C25H25NO5/c1-16-21(27)19-12-9-13-20(23(19)31-22(16)18-10-5-3-6-11-18)25(29)30-17(2)24(28)26-14-7-4-8-15-26/h3,5-6,9-13,17H,4,7-8,14-15H2,1-2H3/t17-/m1/s1. The minimum absolute atomic E-state index is 0.130. The van der Waals surface area contributed by atoms with Gasteiger partial charge in [-0.15, -0.1) is 0 Å². The Morgan fingerprint density at radius 3 is 2.42 bits per heavy atom. The average molecular weight is 419 g/mol. The minimum atomic E-state index is -0.911. The molecule has 1 amide bonds. The summed E-state index contributed by atoms with van der Waals surface area (Å²) in [5.41, 5.74) is 1.31. The Bertz CT molecular complexity index is 1180. The average Bonchev–Trinajstić information content (AvgIpc) is 2.81. The van der Waals surface area contributed by atoms with E-state index in [0.29, 0.717) is 29.8 Å². The number of para-hydroxylation sites is 1. The molecule has 2 aromatic carbocycles. The van der Waals surface area contributed by atoms with Crippen molar-refractivity contribution in [3.8, 4) is 11.3 Å². The largest absolute Gasteiger partial charge is 0.455 e. The Kier molecular flexibility index (Phi) is 5.89. The zero-order valence-electron chi connectivity index (χ0n) is 17.7. The van der Waals surface area contributed by atoms with Crippen LogP contribution in [0.1, 0.15) is 42.1 Å². The molecule has 0 unspecified atom stereocenters. The molecular weight excluding hydrogens is 394 g/mol. The molecule has 1 fully saturated rings. The van der Waals surface area contributed by atoms with Crippen molar-refractivity contribution in [3.63, 3.8) is 0 Å². The van der Waals surface area contributed by atoms with Crippen LogP contribution in [0.3, 0.4) is 0 Å². The summed E-state index contributed by atoms with van der Waals surface area (Å²) in [7, 11) is 0. The number of esters is 1. The molecule has 4 rings (SSSR count). The third-order valence-corrected chi connectivity index (χ3v) is 5.70. The lowest BCUT2D eigenvalue weighted by Crippen LogP contribution is -2.42. The monoisotopic (exact) mass is 419 g/mol. The molecule has 0 radical (unpaired) electrons. The maximum absolute atomic E-state index is 13.0. The van der Waals surface area contributed by atoms with Gasteiger partial charge in [0.1, 0.15) is 11.3 Å². The lowest BCUT2D eigenvalue weighted by Gasteiger charge is -2.28. The van der Waals surface area contributed by atoms with E-state index in [1.165, 1.54) is 0 Å². The normalized spacial score (nSPS) is 15.0. The lowest BCUT2D eigenvalue weighted by atomic mass is 10.0. The molecule has 1 saturated heterocycles. The number of piperidine rings is 1. The second-order valence-corrected chi connectivity index (χ2v) is 7.87. The molecule has 1 aliphatic heterocycles. The molecule has 6 nitrogen and oxygen atoms in total. The number of hydrogen-bond donors (Lipinski definition) is 0. The van der Waals surface area contributed by atoms with E-state index in [1.54, 1.807) is 36.9 Å². The molecule has 1 aliphatic rings. The number of likely N-dealkylation sites (tertiary alicyclic amines) is 1. The summed E-state index contributed by atoms with van der Waals surface area (Å²) in [6.07, 6.45) is 2.12. The number of hydrogen-bond acceptors (Lipinski definition) is 5. The third kappa shape index (κ3) is 4.10. The predicted molar refractivity (Wildman–Crippen MR) is 118 cm³/mol. The first kappa shape index (κ1) is 20.8. The number of amides is 1. The summed E-state index contributed by atoms with van der Waals surface area (Å²) in [5.74, 6) is -0.471. The smallest absolute Gasteiger partial charge is 0.342 e. The van der Waals surface area contributed by atoms with Gasteiger partial charge in [0.2, 0.25) is 0 Å². The third-order valence-electron chi connectivity index (χ3n) is 5.70. The van der Waals surface area contributed by atoms with Gasteiger partial charge >= 0.3 is 5.97 Å². The molecule has 0 bridgehead atoms. The number of fused-ring (bicyclic) bond motifs is 1. The molecule has 3 aromatic rings. The van der Waals surface area contributed by atoms with E-state index in [0.717, 1.165) is 24.8 Å². The van der Waals surface area contributed by atoms with Gasteiger partial charge in [0.25, 0.3) is 5.91 Å². The fourth-order valence-corrected chi connectivity index (χ4v) is 3.98. The van der Waals surface area contributed by atoms with Gasteiger partial charge in [-0.3, -0.25) is 9.59 Å². The van der Waals surface area contributed by atoms with Gasteiger partial charge < -0.3 is 14.1 Å². The molecule has 0 aliphatic carbocycles. The molecular formula is C25H25NO5. The second kappa shape index (κ2) is 8.76. The summed E-state index contributed by atoms with van der Waals surface area (Å²) in [5, 5.41) is 0.307. The van der Waals surface area contributed by atoms with Gasteiger partial charge in [-0.2, -0.15) is 0 Å². The van der Waals surface area contributed by atoms with Crippen molar-refractivity contribution in [1.82, 2.24) is 4.90 Å². The topological polar surface area (TPSA) is 76.8 Å². The zero-order valence-corrected chi connectivity index (χ0v) is 17.7. The van der Waals surface area contributed by atoms with Crippen LogP contribution in [0.15, 0.2) is 57.7 Å². The highest BCUT2D eigenvalue weighted by molar-refractivity contribution is 6.03. The van der Waals surface area contributed by atoms with Crippen LogP contribution < -0.4 is 5.43 Å². The van der Waals surface area contributed by atoms with Crippen LogP contribution in [-0.4, -0.2) is 36.0 Å². The Morgan fingerprint density at radius 1 is 1.00 bits per heavy atom. The SMILES string of the molecule is Cc1c(-c2ccccc2)oc2c(C(=O)O[C@H](C)C(=O)N3CCCCC3)cccc2c1=O. The predicted octanol–water partition coefficient (Wildman–Crippen LogP) is 4.33. The summed E-state index contributed by atoms with van der Waals surface area (Å²) in [4.78, 5) is 40.3. The first-order valence-electron chi connectivity index (χ1n) is 10.6. The number of carbonyl (C=O) groups is 2. The summed E-state index contributed by atoms with van der Waals surface area (Å²) < 4.78 is 11.6. The van der Waals surface area contributed by atoms with Crippen LogP contribution in [0.25, 0.3) is 22.3 Å².